The maximum absolute atomic E-state index is 14.1. The third kappa shape index (κ3) is 7.47. The summed E-state index contributed by atoms with van der Waals surface area (Å²) >= 11 is 0. The number of ether oxygens (including phenoxy) is 4. The van der Waals surface area contributed by atoms with Crippen LogP contribution in [0.4, 0.5) is 13.6 Å². The number of carboxylic acid groups (broad SMARTS) is 1. The van der Waals surface area contributed by atoms with E-state index < -0.39 is 54.7 Å². The molecule has 5 rings (SSSR count). The Morgan fingerprint density at radius 1 is 1.20 bits per heavy atom. The molecule has 46 heavy (non-hydrogen) atoms. The highest BCUT2D eigenvalue weighted by molar-refractivity contribution is 5.98. The number of morpholine rings is 1. The van der Waals surface area contributed by atoms with Gasteiger partial charge in [0.25, 0.3) is 5.91 Å². The topological polar surface area (TPSA) is 196 Å². The number of benzene rings is 1. The van der Waals surface area contributed by atoms with Gasteiger partial charge in [0.05, 0.1) is 39.0 Å². The van der Waals surface area contributed by atoms with E-state index in [9.17, 15) is 33.1 Å². The van der Waals surface area contributed by atoms with Crippen molar-refractivity contribution in [1.82, 2.24) is 20.1 Å². The Bertz CT molecular complexity index is 1470. The molecule has 0 bridgehead atoms. The lowest BCUT2D eigenvalue weighted by molar-refractivity contribution is -0.160. The molecule has 250 valence electrons. The van der Waals surface area contributed by atoms with Crippen LogP contribution in [0.3, 0.4) is 0 Å². The zero-order valence-electron chi connectivity index (χ0n) is 25.1. The van der Waals surface area contributed by atoms with E-state index in [4.69, 9.17) is 19.6 Å². The minimum Gasteiger partial charge on any atom is -0.489 e. The summed E-state index contributed by atoms with van der Waals surface area (Å²) in [4.78, 5) is 58.3. The molecule has 15 nitrogen and oxygen atoms in total. The molecule has 3 aliphatic rings. The smallest absolute Gasteiger partial charge is 0.407 e. The van der Waals surface area contributed by atoms with Gasteiger partial charge in [-0.15, -0.1) is 0 Å². The van der Waals surface area contributed by atoms with Gasteiger partial charge in [0.15, 0.2) is 29.1 Å². The molecular weight excluding hydrogens is 616 g/mol. The van der Waals surface area contributed by atoms with Crippen LogP contribution in [0.15, 0.2) is 22.6 Å². The fraction of sp³-hybridized carbons (Fsp3) is 0.552. The summed E-state index contributed by atoms with van der Waals surface area (Å²) in [5, 5.41) is 12.0. The van der Waals surface area contributed by atoms with E-state index in [1.807, 2.05) is 0 Å². The van der Waals surface area contributed by atoms with Gasteiger partial charge >= 0.3 is 18.7 Å². The van der Waals surface area contributed by atoms with Gasteiger partial charge in [0, 0.05) is 18.7 Å². The van der Waals surface area contributed by atoms with Crippen LogP contribution in [0.2, 0.25) is 0 Å². The van der Waals surface area contributed by atoms with Gasteiger partial charge in [-0.05, 0) is 50.3 Å². The number of rotatable bonds is 11. The highest BCUT2D eigenvalue weighted by atomic mass is 19.3. The number of likely N-dealkylation sites (tertiary alicyclic amines) is 1. The van der Waals surface area contributed by atoms with Crippen molar-refractivity contribution in [2.75, 3.05) is 40.0 Å². The number of amides is 3. The van der Waals surface area contributed by atoms with Gasteiger partial charge in [-0.2, -0.15) is 8.78 Å². The molecular formula is C29H35F2N5O10. The van der Waals surface area contributed by atoms with Crippen LogP contribution < -0.4 is 20.5 Å². The number of carbonyl (C=O) groups excluding carboxylic acids is 3. The highest BCUT2D eigenvalue weighted by Gasteiger charge is 2.45. The lowest BCUT2D eigenvalue weighted by Gasteiger charge is -2.34. The number of aromatic nitrogens is 1. The van der Waals surface area contributed by atoms with Crippen LogP contribution in [0.5, 0.6) is 11.5 Å². The Morgan fingerprint density at radius 2 is 1.96 bits per heavy atom. The van der Waals surface area contributed by atoms with Crippen LogP contribution in [0.1, 0.15) is 48.5 Å². The molecule has 0 spiro atoms. The van der Waals surface area contributed by atoms with Crippen molar-refractivity contribution in [2.24, 2.45) is 11.7 Å². The fourth-order valence-electron chi connectivity index (χ4n) is 5.33. The number of oxazole rings is 1. The second kappa shape index (κ2) is 13.9. The molecule has 3 amide bonds. The number of methoxy groups -OCH3 is 1. The Balaban J connectivity index is 1.45. The first-order valence-electron chi connectivity index (χ1n) is 14.7. The second-order valence-electron chi connectivity index (χ2n) is 11.3. The number of nitrogens with one attached hydrogen (secondary N) is 1. The Morgan fingerprint density at radius 3 is 2.61 bits per heavy atom. The van der Waals surface area contributed by atoms with E-state index in [0.717, 1.165) is 12.8 Å². The quantitative estimate of drug-likeness (QED) is 0.320. The monoisotopic (exact) mass is 651 g/mol. The Hall–Kier alpha value is -4.51. The molecule has 2 saturated heterocycles. The van der Waals surface area contributed by atoms with E-state index in [0.29, 0.717) is 18.1 Å². The minimum absolute atomic E-state index is 0.00115. The van der Waals surface area contributed by atoms with Crippen LogP contribution in [0.25, 0.3) is 11.5 Å². The normalized spacial score (nSPS) is 22.0. The first-order valence-corrected chi connectivity index (χ1v) is 14.7. The third-order valence-corrected chi connectivity index (χ3v) is 7.86. The van der Waals surface area contributed by atoms with E-state index in [-0.39, 0.29) is 61.5 Å². The van der Waals surface area contributed by atoms with Gasteiger partial charge in [-0.25, -0.2) is 14.6 Å². The zero-order valence-corrected chi connectivity index (χ0v) is 25.1. The number of halogens is 2. The van der Waals surface area contributed by atoms with Gasteiger partial charge < -0.3 is 49.3 Å². The number of alkyl halides is 2. The molecule has 1 aromatic heterocycles. The second-order valence-corrected chi connectivity index (χ2v) is 11.3. The molecule has 1 saturated carbocycles. The van der Waals surface area contributed by atoms with Crippen molar-refractivity contribution in [3.63, 3.8) is 0 Å². The number of nitrogens with zero attached hydrogens (tertiary/aromatic N) is 3. The summed E-state index contributed by atoms with van der Waals surface area (Å²) < 4.78 is 52.3. The summed E-state index contributed by atoms with van der Waals surface area (Å²) in [7, 11) is 1.18. The zero-order chi connectivity index (χ0) is 33.1. The van der Waals surface area contributed by atoms with Crippen LogP contribution in [0, 0.1) is 5.92 Å². The summed E-state index contributed by atoms with van der Waals surface area (Å²) in [6, 6.07) is 1.51. The Kier molecular flexibility index (Phi) is 9.91. The predicted octanol–water partition coefficient (Wildman–Crippen LogP) is 2.00. The maximum Gasteiger partial charge on any atom is 0.407 e. The first kappa shape index (κ1) is 32.9. The lowest BCUT2D eigenvalue weighted by atomic mass is 10.1. The Labute approximate surface area is 261 Å². The molecule has 4 atom stereocenters. The number of hydrogen-bond acceptors (Lipinski definition) is 11. The molecule has 1 aromatic carbocycles. The number of aliphatic carboxylic acids is 1. The van der Waals surface area contributed by atoms with E-state index in [1.54, 1.807) is 6.92 Å². The van der Waals surface area contributed by atoms with Crippen LogP contribution in [-0.4, -0.2) is 109 Å². The van der Waals surface area contributed by atoms with Crippen molar-refractivity contribution >= 4 is 23.9 Å². The average Bonchev–Trinajstić information content (AvgIpc) is 3.59. The first-order chi connectivity index (χ1) is 21.9. The molecule has 2 aromatic rings. The van der Waals surface area contributed by atoms with Crippen LogP contribution >= 0.6 is 0 Å². The third-order valence-electron chi connectivity index (χ3n) is 7.86. The minimum atomic E-state index is -3.08. The molecule has 1 unspecified atom stereocenters. The highest BCUT2D eigenvalue weighted by Crippen LogP contribution is 2.37. The van der Waals surface area contributed by atoms with E-state index >= 15 is 0 Å². The number of carbonyl (C=O) groups is 4. The number of nitrogens with two attached hydrogens (primary N) is 1. The predicted molar refractivity (Wildman–Crippen MR) is 152 cm³/mol. The van der Waals surface area contributed by atoms with Gasteiger partial charge in [0.1, 0.15) is 6.04 Å². The van der Waals surface area contributed by atoms with Crippen molar-refractivity contribution in [3.05, 3.63) is 29.7 Å². The average molecular weight is 652 g/mol. The molecule has 3 heterocycles. The summed E-state index contributed by atoms with van der Waals surface area (Å²) in [5.41, 5.74) is 6.25. The van der Waals surface area contributed by atoms with Crippen molar-refractivity contribution in [2.45, 2.75) is 57.0 Å². The molecule has 3 fully saturated rings. The molecule has 17 heteroatoms. The molecule has 0 radical (unpaired) electrons. The maximum atomic E-state index is 14.1. The summed E-state index contributed by atoms with van der Waals surface area (Å²) in [6.07, 6.45) is -0.0437. The number of alkyl carbamates (subject to hydrolysis) is 1. The fourth-order valence-corrected chi connectivity index (χ4v) is 5.33. The lowest BCUT2D eigenvalue weighted by Crippen LogP contribution is -2.54. The number of carboxylic acids is 1. The summed E-state index contributed by atoms with van der Waals surface area (Å²) in [6.45, 7) is -1.43. The van der Waals surface area contributed by atoms with Crippen LogP contribution in [-0.2, 0) is 19.1 Å². The molecule has 1 aliphatic carbocycles. The molecule has 4 N–H and O–H groups in total. The summed E-state index contributed by atoms with van der Waals surface area (Å²) in [5.74, 6) is -2.35. The molecule has 2 aliphatic heterocycles. The van der Waals surface area contributed by atoms with Crippen molar-refractivity contribution < 1.29 is 56.4 Å². The van der Waals surface area contributed by atoms with E-state index in [1.165, 1.54) is 35.1 Å². The SMILES string of the molecule is COC(=O)N[C@@H]1C[C@@H](C(=O)N2CCOC(C(=O)O)C2)N(C(=O)c2nc(-c3ccc(OC(F)F)c(OCC4CC4)c3)oc2[C@H](C)N)C1. The van der Waals surface area contributed by atoms with Gasteiger partial charge in [0.2, 0.25) is 11.8 Å². The van der Waals surface area contributed by atoms with Crippen molar-refractivity contribution in [3.8, 4) is 23.0 Å². The largest absolute Gasteiger partial charge is 0.489 e. The van der Waals surface area contributed by atoms with Gasteiger partial charge in [-0.1, -0.05) is 0 Å². The van der Waals surface area contributed by atoms with Gasteiger partial charge in [-0.3, -0.25) is 9.59 Å². The number of hydrogen-bond donors (Lipinski definition) is 3. The van der Waals surface area contributed by atoms with E-state index in [2.05, 4.69) is 19.8 Å². The van der Waals surface area contributed by atoms with Crippen molar-refractivity contribution in [1.29, 1.82) is 0 Å². The standard InChI is InChI=1S/C29H35F2N5O10/c1-14(32)23-22(34-24(46-23)16-5-6-19(45-28(30)31)20(9-16)44-13-15-3-4-15)26(38)36-11-17(33-29(41)42-2)10-18(36)25(37)35-7-8-43-21(12-35)27(39)40/h5-6,9,14-15,17-18,21,28H,3-4,7-8,10-13,32H2,1-2H3,(H,33,41)(H,39,40)/t14-,17+,18-,21?/m0/s1.